The quantitative estimate of drug-likeness (QED) is 0.671. The molecule has 0 aromatic heterocycles. The molecule has 0 atom stereocenters. The number of rotatable bonds is 4. The van der Waals surface area contributed by atoms with E-state index >= 15 is 0 Å². The summed E-state index contributed by atoms with van der Waals surface area (Å²) in [7, 11) is -3.75. The van der Waals surface area contributed by atoms with Crippen LogP contribution in [0.4, 0.5) is 11.4 Å². The molecule has 0 amide bonds. The van der Waals surface area contributed by atoms with Gasteiger partial charge in [-0.15, -0.1) is 0 Å². The van der Waals surface area contributed by atoms with Crippen molar-refractivity contribution in [2.75, 3.05) is 10.5 Å². The smallest absolute Gasteiger partial charge is 0.263 e. The number of hydrogen-bond acceptors (Lipinski definition) is 4. The first-order chi connectivity index (χ1) is 9.79. The van der Waals surface area contributed by atoms with Gasteiger partial charge in [-0.25, -0.2) is 8.42 Å². The van der Waals surface area contributed by atoms with Crippen LogP contribution in [0.1, 0.15) is 22.8 Å². The Kier molecular flexibility index (Phi) is 3.99. The van der Waals surface area contributed by atoms with Crippen molar-refractivity contribution >= 4 is 27.2 Å². The molecule has 0 fully saturated rings. The topological polar surface area (TPSA) is 89.3 Å². The summed E-state index contributed by atoms with van der Waals surface area (Å²) in [5.41, 5.74) is 7.74. The minimum atomic E-state index is -3.75. The zero-order valence-electron chi connectivity index (χ0n) is 11.8. The minimum absolute atomic E-state index is 0.0312. The molecule has 2 aromatic rings. The number of Topliss-reactive ketones (excluding diaryl/α,β-unsaturated/α-hetero) is 1. The second-order valence-corrected chi connectivity index (χ2v) is 6.43. The number of anilines is 2. The lowest BCUT2D eigenvalue weighted by atomic mass is 10.1. The molecule has 0 radical (unpaired) electrons. The number of aryl methyl sites for hydroxylation is 1. The Morgan fingerprint density at radius 1 is 1.10 bits per heavy atom. The molecule has 0 heterocycles. The van der Waals surface area contributed by atoms with Crippen LogP contribution in [0, 0.1) is 6.92 Å². The molecule has 0 aliphatic rings. The summed E-state index contributed by atoms with van der Waals surface area (Å²) in [6, 6.07) is 11.0. The Morgan fingerprint density at radius 3 is 2.24 bits per heavy atom. The number of nitrogen functional groups attached to an aromatic ring is 1. The molecule has 5 nitrogen and oxygen atoms in total. The highest BCUT2D eigenvalue weighted by Crippen LogP contribution is 2.22. The van der Waals surface area contributed by atoms with Crippen molar-refractivity contribution in [3.63, 3.8) is 0 Å². The number of benzene rings is 2. The van der Waals surface area contributed by atoms with Crippen molar-refractivity contribution in [2.24, 2.45) is 0 Å². The Hall–Kier alpha value is -2.34. The van der Waals surface area contributed by atoms with E-state index in [4.69, 9.17) is 5.73 Å². The van der Waals surface area contributed by atoms with E-state index in [1.165, 1.54) is 13.0 Å². The highest BCUT2D eigenvalue weighted by Gasteiger charge is 2.17. The zero-order chi connectivity index (χ0) is 15.6. The first-order valence-corrected chi connectivity index (χ1v) is 7.78. The lowest BCUT2D eigenvalue weighted by Gasteiger charge is -2.11. The number of nitrogens with one attached hydrogen (secondary N) is 1. The van der Waals surface area contributed by atoms with Crippen LogP contribution in [0.15, 0.2) is 47.4 Å². The molecule has 110 valence electrons. The molecule has 0 aliphatic carbocycles. The van der Waals surface area contributed by atoms with Crippen molar-refractivity contribution in [1.82, 2.24) is 0 Å². The average molecular weight is 304 g/mol. The van der Waals surface area contributed by atoms with E-state index < -0.39 is 10.0 Å². The Labute approximate surface area is 123 Å². The van der Waals surface area contributed by atoms with Crippen LogP contribution in [0.3, 0.4) is 0 Å². The summed E-state index contributed by atoms with van der Waals surface area (Å²) in [5.74, 6) is -0.0767. The fourth-order valence-electron chi connectivity index (χ4n) is 1.90. The highest BCUT2D eigenvalue weighted by molar-refractivity contribution is 7.92. The minimum Gasteiger partial charge on any atom is -0.398 e. The maximum absolute atomic E-state index is 12.3. The van der Waals surface area contributed by atoms with Crippen molar-refractivity contribution in [2.45, 2.75) is 18.7 Å². The van der Waals surface area contributed by atoms with Crippen LogP contribution in [0.5, 0.6) is 0 Å². The average Bonchev–Trinajstić information content (AvgIpc) is 2.38. The van der Waals surface area contributed by atoms with Crippen LogP contribution in [-0.2, 0) is 10.0 Å². The van der Waals surface area contributed by atoms with Gasteiger partial charge in [0.1, 0.15) is 4.90 Å². The van der Waals surface area contributed by atoms with Crippen molar-refractivity contribution in [3.8, 4) is 0 Å². The Balaban J connectivity index is 2.30. The number of carbonyl (C=O) groups is 1. The molecule has 0 aliphatic heterocycles. The van der Waals surface area contributed by atoms with Crippen LogP contribution < -0.4 is 10.5 Å². The van der Waals surface area contributed by atoms with Gasteiger partial charge in [-0.3, -0.25) is 9.52 Å². The lowest BCUT2D eigenvalue weighted by molar-refractivity contribution is 0.101. The highest BCUT2D eigenvalue weighted by atomic mass is 32.2. The fraction of sp³-hybridized carbons (Fsp3) is 0.133. The van der Waals surface area contributed by atoms with Gasteiger partial charge in [0.2, 0.25) is 0 Å². The number of hydrogen-bond donors (Lipinski definition) is 2. The molecule has 2 aromatic carbocycles. The molecule has 2 rings (SSSR count). The van der Waals surface area contributed by atoms with Gasteiger partial charge in [-0.1, -0.05) is 6.07 Å². The van der Waals surface area contributed by atoms with E-state index in [9.17, 15) is 13.2 Å². The summed E-state index contributed by atoms with van der Waals surface area (Å²) in [4.78, 5) is 11.2. The Morgan fingerprint density at radius 2 is 1.71 bits per heavy atom. The molecule has 0 saturated heterocycles. The van der Waals surface area contributed by atoms with Crippen LogP contribution in [0.2, 0.25) is 0 Å². The van der Waals surface area contributed by atoms with E-state index in [-0.39, 0.29) is 16.4 Å². The first kappa shape index (κ1) is 15.1. The summed E-state index contributed by atoms with van der Waals surface area (Å²) < 4.78 is 27.0. The third-order valence-corrected chi connectivity index (χ3v) is 4.45. The largest absolute Gasteiger partial charge is 0.398 e. The van der Waals surface area contributed by atoms with E-state index in [0.29, 0.717) is 11.3 Å². The molecular formula is C15H16N2O3S. The van der Waals surface area contributed by atoms with Gasteiger partial charge >= 0.3 is 0 Å². The van der Waals surface area contributed by atoms with E-state index in [1.54, 1.807) is 36.4 Å². The van der Waals surface area contributed by atoms with Gasteiger partial charge in [0.05, 0.1) is 5.69 Å². The summed E-state index contributed by atoms with van der Waals surface area (Å²) in [6.45, 7) is 3.28. The van der Waals surface area contributed by atoms with Gasteiger partial charge in [-0.05, 0) is 55.8 Å². The molecule has 0 unspecified atom stereocenters. The van der Waals surface area contributed by atoms with Gasteiger partial charge in [0, 0.05) is 11.3 Å². The SMILES string of the molecule is CC(=O)c1ccc(NS(=O)(=O)c2ccc(C)cc2N)cc1. The number of nitrogens with two attached hydrogens (primary N) is 1. The van der Waals surface area contributed by atoms with Gasteiger partial charge in [-0.2, -0.15) is 0 Å². The monoisotopic (exact) mass is 304 g/mol. The molecule has 6 heteroatoms. The summed E-state index contributed by atoms with van der Waals surface area (Å²) >= 11 is 0. The number of sulfonamides is 1. The predicted octanol–water partition coefficient (Wildman–Crippen LogP) is 2.58. The molecule has 0 saturated carbocycles. The van der Waals surface area contributed by atoms with Crippen molar-refractivity contribution in [3.05, 3.63) is 53.6 Å². The number of carbonyl (C=O) groups excluding carboxylic acids is 1. The standard InChI is InChI=1S/C15H16N2O3S/c1-10-3-8-15(14(16)9-10)21(19,20)17-13-6-4-12(5-7-13)11(2)18/h3-9,17H,16H2,1-2H3. The molecule has 3 N–H and O–H groups in total. The molecule has 0 bridgehead atoms. The zero-order valence-corrected chi connectivity index (χ0v) is 12.6. The summed E-state index contributed by atoms with van der Waals surface area (Å²) in [6.07, 6.45) is 0. The fourth-order valence-corrected chi connectivity index (χ4v) is 3.07. The van der Waals surface area contributed by atoms with Crippen LogP contribution in [-0.4, -0.2) is 14.2 Å². The van der Waals surface area contributed by atoms with Gasteiger partial charge in [0.25, 0.3) is 10.0 Å². The van der Waals surface area contributed by atoms with E-state index in [0.717, 1.165) is 5.56 Å². The second-order valence-electron chi connectivity index (χ2n) is 4.78. The van der Waals surface area contributed by atoms with Gasteiger partial charge in [0.15, 0.2) is 5.78 Å². The maximum Gasteiger partial charge on any atom is 0.263 e. The predicted molar refractivity (Wildman–Crippen MR) is 82.8 cm³/mol. The van der Waals surface area contributed by atoms with Crippen LogP contribution >= 0.6 is 0 Å². The van der Waals surface area contributed by atoms with Crippen molar-refractivity contribution < 1.29 is 13.2 Å². The second kappa shape index (κ2) is 5.57. The number of ketones is 1. The molecule has 0 spiro atoms. The third-order valence-electron chi connectivity index (χ3n) is 3.00. The third kappa shape index (κ3) is 3.41. The van der Waals surface area contributed by atoms with Gasteiger partial charge < -0.3 is 5.73 Å². The van der Waals surface area contributed by atoms with E-state index in [2.05, 4.69) is 4.72 Å². The van der Waals surface area contributed by atoms with Crippen LogP contribution in [0.25, 0.3) is 0 Å². The lowest BCUT2D eigenvalue weighted by Crippen LogP contribution is -2.15. The van der Waals surface area contributed by atoms with Crippen molar-refractivity contribution in [1.29, 1.82) is 0 Å². The maximum atomic E-state index is 12.3. The molecular weight excluding hydrogens is 288 g/mol. The molecule has 21 heavy (non-hydrogen) atoms. The normalized spacial score (nSPS) is 11.1. The van der Waals surface area contributed by atoms with E-state index in [1.807, 2.05) is 6.92 Å². The summed E-state index contributed by atoms with van der Waals surface area (Å²) in [5, 5.41) is 0. The first-order valence-electron chi connectivity index (χ1n) is 6.29. The Bertz CT molecular complexity index is 781.